The van der Waals surface area contributed by atoms with Gasteiger partial charge in [-0.15, -0.1) is 0 Å². The largest absolute Gasteiger partial charge is 0.503 e. The van der Waals surface area contributed by atoms with E-state index in [1.165, 1.54) is 0 Å². The maximum atomic E-state index is 11.0. The lowest BCUT2D eigenvalue weighted by Gasteiger charge is -2.00. The number of aliphatic hydroxyl groups is 2. The van der Waals surface area contributed by atoms with Crippen LogP contribution in [0.4, 0.5) is 0 Å². The minimum atomic E-state index is -0.960. The van der Waals surface area contributed by atoms with Crippen molar-refractivity contribution in [3.05, 3.63) is 22.9 Å². The molecule has 1 radical (unpaired) electrons. The molecule has 1 aliphatic heterocycles. The molecule has 0 unspecified atom stereocenters. The van der Waals surface area contributed by atoms with E-state index >= 15 is 0 Å². The third-order valence-corrected chi connectivity index (χ3v) is 1.65. The van der Waals surface area contributed by atoms with Crippen LogP contribution in [0.15, 0.2) is 22.9 Å². The summed E-state index contributed by atoms with van der Waals surface area (Å²) in [6, 6.07) is 0. The second kappa shape index (κ2) is 3.91. The molecule has 0 saturated heterocycles. The Labute approximate surface area is 84.6 Å². The van der Waals surface area contributed by atoms with E-state index in [2.05, 4.69) is 14.8 Å². The van der Waals surface area contributed by atoms with Gasteiger partial charge in [-0.1, -0.05) is 0 Å². The van der Waals surface area contributed by atoms with Crippen molar-refractivity contribution < 1.29 is 29.3 Å². The summed E-state index contributed by atoms with van der Waals surface area (Å²) in [6.07, 6.45) is 0. The van der Waals surface area contributed by atoms with Crippen molar-refractivity contribution >= 4 is 11.9 Å². The van der Waals surface area contributed by atoms with Crippen LogP contribution in [0.25, 0.3) is 0 Å². The number of carbonyl (C=O) groups is 2. The molecule has 81 valence electrons. The number of esters is 2. The van der Waals surface area contributed by atoms with E-state index in [4.69, 9.17) is 0 Å². The predicted molar refractivity (Wildman–Crippen MR) is 45.5 cm³/mol. The first-order valence-electron chi connectivity index (χ1n) is 3.78. The SMILES string of the molecule is COC(=O)C1=C(O)C(O)=C(C(=O)OC)[N]1. The van der Waals surface area contributed by atoms with Gasteiger partial charge in [-0.05, 0) is 0 Å². The highest BCUT2D eigenvalue weighted by Crippen LogP contribution is 2.23. The van der Waals surface area contributed by atoms with Crippen LogP contribution < -0.4 is 5.32 Å². The molecule has 0 saturated carbocycles. The van der Waals surface area contributed by atoms with Crippen molar-refractivity contribution in [1.82, 2.24) is 5.32 Å². The summed E-state index contributed by atoms with van der Waals surface area (Å²) < 4.78 is 8.55. The molecule has 7 nitrogen and oxygen atoms in total. The number of nitrogens with zero attached hydrogens (tertiary/aromatic N) is 1. The molecule has 0 aromatic heterocycles. The molecular weight excluding hydrogens is 206 g/mol. The highest BCUT2D eigenvalue weighted by atomic mass is 16.5. The quantitative estimate of drug-likeness (QED) is 0.599. The van der Waals surface area contributed by atoms with Crippen molar-refractivity contribution in [3.63, 3.8) is 0 Å². The fourth-order valence-electron chi connectivity index (χ4n) is 0.920. The van der Waals surface area contributed by atoms with Gasteiger partial charge in [0.2, 0.25) is 0 Å². The number of hydrogen-bond acceptors (Lipinski definition) is 6. The van der Waals surface area contributed by atoms with Crippen molar-refractivity contribution in [1.29, 1.82) is 0 Å². The van der Waals surface area contributed by atoms with Crippen LogP contribution in [0.3, 0.4) is 0 Å². The van der Waals surface area contributed by atoms with Crippen LogP contribution in [-0.4, -0.2) is 36.4 Å². The highest BCUT2D eigenvalue weighted by Gasteiger charge is 2.35. The summed E-state index contributed by atoms with van der Waals surface area (Å²) in [7, 11) is 2.15. The summed E-state index contributed by atoms with van der Waals surface area (Å²) in [4.78, 5) is 22.0. The lowest BCUT2D eigenvalue weighted by molar-refractivity contribution is -0.137. The zero-order chi connectivity index (χ0) is 11.6. The third-order valence-electron chi connectivity index (χ3n) is 1.65. The third kappa shape index (κ3) is 1.71. The Morgan fingerprint density at radius 1 is 1.00 bits per heavy atom. The predicted octanol–water partition coefficient (Wildman–Crippen LogP) is -0.510. The van der Waals surface area contributed by atoms with Gasteiger partial charge < -0.3 is 19.7 Å². The maximum Gasteiger partial charge on any atom is 0.360 e. The molecule has 0 aromatic carbocycles. The van der Waals surface area contributed by atoms with E-state index in [0.29, 0.717) is 0 Å². The van der Waals surface area contributed by atoms with Crippen LogP contribution in [-0.2, 0) is 19.1 Å². The van der Waals surface area contributed by atoms with Crippen molar-refractivity contribution in [2.45, 2.75) is 0 Å². The molecule has 1 heterocycles. The molecule has 1 rings (SSSR count). The molecular formula is C8H8NO6. The van der Waals surface area contributed by atoms with Crippen LogP contribution in [0.5, 0.6) is 0 Å². The number of methoxy groups -OCH3 is 2. The molecule has 0 spiro atoms. The second-order valence-electron chi connectivity index (χ2n) is 2.49. The summed E-state index contributed by atoms with van der Waals surface area (Å²) >= 11 is 0. The van der Waals surface area contributed by atoms with E-state index in [-0.39, 0.29) is 0 Å². The molecule has 7 heteroatoms. The maximum absolute atomic E-state index is 11.0. The zero-order valence-electron chi connectivity index (χ0n) is 7.97. The first kappa shape index (κ1) is 10.9. The molecule has 0 fully saturated rings. The lowest BCUT2D eigenvalue weighted by Crippen LogP contribution is -2.18. The van der Waals surface area contributed by atoms with Gasteiger partial charge in [-0.25, -0.2) is 14.9 Å². The Kier molecular flexibility index (Phi) is 2.84. The van der Waals surface area contributed by atoms with Crippen molar-refractivity contribution in [2.24, 2.45) is 0 Å². The van der Waals surface area contributed by atoms with E-state index in [0.717, 1.165) is 14.2 Å². The van der Waals surface area contributed by atoms with Gasteiger partial charge in [0.15, 0.2) is 22.9 Å². The number of aliphatic hydroxyl groups excluding tert-OH is 2. The summed E-state index contributed by atoms with van der Waals surface area (Å²) in [6.45, 7) is 0. The average Bonchev–Trinajstić information content (AvgIpc) is 2.54. The van der Waals surface area contributed by atoms with E-state index in [1.54, 1.807) is 0 Å². The minimum Gasteiger partial charge on any atom is -0.503 e. The van der Waals surface area contributed by atoms with E-state index in [9.17, 15) is 19.8 Å². The number of hydrogen-bond donors (Lipinski definition) is 2. The van der Waals surface area contributed by atoms with Crippen LogP contribution in [0.2, 0.25) is 0 Å². The Morgan fingerprint density at radius 2 is 1.33 bits per heavy atom. The van der Waals surface area contributed by atoms with Gasteiger partial charge in [0.25, 0.3) is 0 Å². The van der Waals surface area contributed by atoms with Crippen LogP contribution in [0.1, 0.15) is 0 Å². The van der Waals surface area contributed by atoms with Crippen LogP contribution in [0, 0.1) is 0 Å². The van der Waals surface area contributed by atoms with Gasteiger partial charge in [-0.3, -0.25) is 0 Å². The summed E-state index contributed by atoms with van der Waals surface area (Å²) in [5.41, 5.74) is -1.06. The van der Waals surface area contributed by atoms with Gasteiger partial charge in [0.05, 0.1) is 14.2 Å². The van der Waals surface area contributed by atoms with Gasteiger partial charge in [-0.2, -0.15) is 0 Å². The monoisotopic (exact) mass is 214 g/mol. The summed E-state index contributed by atoms with van der Waals surface area (Å²) in [5.74, 6) is -3.53. The van der Waals surface area contributed by atoms with Gasteiger partial charge >= 0.3 is 11.9 Å². The van der Waals surface area contributed by atoms with Crippen molar-refractivity contribution in [2.75, 3.05) is 14.2 Å². The number of carbonyl (C=O) groups excluding carboxylic acids is 2. The first-order chi connectivity index (χ1) is 7.02. The van der Waals surface area contributed by atoms with Gasteiger partial charge in [0.1, 0.15) is 0 Å². The highest BCUT2D eigenvalue weighted by molar-refractivity contribution is 5.97. The molecule has 0 bridgehead atoms. The molecule has 0 atom stereocenters. The Morgan fingerprint density at radius 3 is 1.60 bits per heavy atom. The van der Waals surface area contributed by atoms with Crippen LogP contribution >= 0.6 is 0 Å². The smallest absolute Gasteiger partial charge is 0.360 e. The Bertz CT molecular complexity index is 345. The fourth-order valence-corrected chi connectivity index (χ4v) is 0.920. The minimum absolute atomic E-state index is 0.532. The molecule has 1 aliphatic rings. The normalized spacial score (nSPS) is 15.1. The fraction of sp³-hybridized carbons (Fsp3) is 0.250. The van der Waals surface area contributed by atoms with E-state index < -0.39 is 34.9 Å². The molecule has 2 N–H and O–H groups in total. The first-order valence-corrected chi connectivity index (χ1v) is 3.78. The number of ether oxygens (including phenoxy) is 2. The average molecular weight is 214 g/mol. The topological polar surface area (TPSA) is 107 Å². The van der Waals surface area contributed by atoms with Gasteiger partial charge in [0, 0.05) is 0 Å². The summed E-state index contributed by atoms with van der Waals surface area (Å²) in [5, 5.41) is 21.9. The second-order valence-corrected chi connectivity index (χ2v) is 2.49. The molecule has 0 aromatic rings. The van der Waals surface area contributed by atoms with Crippen molar-refractivity contribution in [3.8, 4) is 0 Å². The molecule has 15 heavy (non-hydrogen) atoms. The molecule has 0 amide bonds. The Hall–Kier alpha value is -2.18. The van der Waals surface area contributed by atoms with E-state index in [1.807, 2.05) is 0 Å². The standard InChI is InChI=1S/C8H8NO6/c1-14-7(12)3-5(10)6(11)4(9-3)8(13)15-2/h10-11H,1-2H3. The number of rotatable bonds is 2. The Balaban J connectivity index is 2.99. The molecule has 0 aliphatic carbocycles. The lowest BCUT2D eigenvalue weighted by atomic mass is 10.3. The zero-order valence-corrected chi connectivity index (χ0v) is 7.97.